The fraction of sp³-hybridized carbons (Fsp3) is 0.333. The summed E-state index contributed by atoms with van der Waals surface area (Å²) in [6.45, 7) is 4.50. The molecule has 1 aliphatic heterocycles. The maximum Gasteiger partial charge on any atom is 0.0208 e. The van der Waals surface area contributed by atoms with Gasteiger partial charge in [-0.05, 0) is 17.4 Å². The Kier molecular flexibility index (Phi) is 3.68. The molecule has 0 aromatic heterocycles. The van der Waals surface area contributed by atoms with Crippen molar-refractivity contribution >= 4 is 24.2 Å². The highest BCUT2D eigenvalue weighted by molar-refractivity contribution is 8.03. The normalized spacial score (nSPS) is 25.4. The van der Waals surface area contributed by atoms with Gasteiger partial charge in [0.25, 0.3) is 0 Å². The maximum absolute atomic E-state index is 2.38. The first-order chi connectivity index (χ1) is 6.21. The lowest BCUT2D eigenvalue weighted by molar-refractivity contribution is 0.691. The van der Waals surface area contributed by atoms with Gasteiger partial charge in [-0.25, -0.2) is 0 Å². The van der Waals surface area contributed by atoms with Gasteiger partial charge in [0.15, 0.2) is 0 Å². The van der Waals surface area contributed by atoms with Crippen LogP contribution in [0.3, 0.4) is 0 Å². The predicted molar refractivity (Wildman–Crippen MR) is 67.3 cm³/mol. The standard InChI is InChI=1S/C12H14S.ClH/c1-10-8-12(2,9-13-10)11-6-4-3-5-7-11;/h3-8H,9H2,1-2H3;1H. The molecule has 14 heavy (non-hydrogen) atoms. The molecule has 1 aromatic rings. The van der Waals surface area contributed by atoms with Crippen molar-refractivity contribution < 1.29 is 0 Å². The topological polar surface area (TPSA) is 0 Å². The lowest BCUT2D eigenvalue weighted by atomic mass is 9.84. The van der Waals surface area contributed by atoms with Gasteiger partial charge >= 0.3 is 0 Å². The highest BCUT2D eigenvalue weighted by atomic mass is 35.5. The zero-order chi connectivity index (χ0) is 9.31. The van der Waals surface area contributed by atoms with Crippen molar-refractivity contribution in [1.82, 2.24) is 0 Å². The summed E-state index contributed by atoms with van der Waals surface area (Å²) < 4.78 is 0. The molecule has 0 nitrogen and oxygen atoms in total. The Bertz CT molecular complexity index is 331. The average Bonchev–Trinajstić information content (AvgIpc) is 2.49. The van der Waals surface area contributed by atoms with E-state index in [9.17, 15) is 0 Å². The summed E-state index contributed by atoms with van der Waals surface area (Å²) in [6.07, 6.45) is 2.38. The molecule has 0 amide bonds. The third kappa shape index (κ3) is 2.15. The molecule has 1 aromatic carbocycles. The van der Waals surface area contributed by atoms with Crippen molar-refractivity contribution in [3.05, 3.63) is 46.9 Å². The van der Waals surface area contributed by atoms with Crippen LogP contribution in [-0.4, -0.2) is 5.75 Å². The molecule has 1 unspecified atom stereocenters. The molecule has 2 heteroatoms. The molecule has 1 atom stereocenters. The summed E-state index contributed by atoms with van der Waals surface area (Å²) in [5.41, 5.74) is 1.69. The molecule has 1 aliphatic rings. The van der Waals surface area contributed by atoms with Crippen molar-refractivity contribution in [3.8, 4) is 0 Å². The van der Waals surface area contributed by atoms with E-state index in [1.807, 2.05) is 11.8 Å². The van der Waals surface area contributed by atoms with E-state index < -0.39 is 0 Å². The van der Waals surface area contributed by atoms with E-state index in [4.69, 9.17) is 0 Å². The van der Waals surface area contributed by atoms with Crippen LogP contribution in [-0.2, 0) is 5.41 Å². The Morgan fingerprint density at radius 3 is 2.36 bits per heavy atom. The number of hydrogen-bond donors (Lipinski definition) is 0. The van der Waals surface area contributed by atoms with Gasteiger partial charge in [-0.1, -0.05) is 43.3 Å². The van der Waals surface area contributed by atoms with Gasteiger partial charge in [-0.15, -0.1) is 24.2 Å². The Morgan fingerprint density at radius 1 is 1.21 bits per heavy atom. The molecule has 1 heterocycles. The lowest BCUT2D eigenvalue weighted by Gasteiger charge is -2.21. The third-order valence-corrected chi connectivity index (χ3v) is 3.87. The second kappa shape index (κ2) is 4.41. The SMILES string of the molecule is CC1=CC(C)(c2ccccc2)CS1.Cl. The monoisotopic (exact) mass is 226 g/mol. The Morgan fingerprint density at radius 2 is 1.86 bits per heavy atom. The van der Waals surface area contributed by atoms with E-state index in [2.05, 4.69) is 50.3 Å². The second-order valence-corrected chi connectivity index (χ2v) is 5.05. The van der Waals surface area contributed by atoms with Crippen LogP contribution >= 0.6 is 24.2 Å². The highest BCUT2D eigenvalue weighted by Crippen LogP contribution is 2.39. The predicted octanol–water partition coefficient (Wildman–Crippen LogP) is 4.02. The van der Waals surface area contributed by atoms with Crippen LogP contribution < -0.4 is 0 Å². The first-order valence-electron chi connectivity index (χ1n) is 4.58. The summed E-state index contributed by atoms with van der Waals surface area (Å²) in [5, 5.41) is 0. The van der Waals surface area contributed by atoms with Crippen LogP contribution in [0.15, 0.2) is 41.3 Å². The van der Waals surface area contributed by atoms with Crippen molar-refractivity contribution in [2.45, 2.75) is 19.3 Å². The fourth-order valence-electron chi connectivity index (χ4n) is 1.78. The quantitative estimate of drug-likeness (QED) is 0.697. The van der Waals surface area contributed by atoms with Crippen molar-refractivity contribution in [1.29, 1.82) is 0 Å². The summed E-state index contributed by atoms with van der Waals surface area (Å²) in [6, 6.07) is 10.7. The lowest BCUT2D eigenvalue weighted by Crippen LogP contribution is -2.18. The first-order valence-corrected chi connectivity index (χ1v) is 5.57. The van der Waals surface area contributed by atoms with E-state index in [0.717, 1.165) is 0 Å². The minimum Gasteiger partial charge on any atom is -0.147 e. The fourth-order valence-corrected chi connectivity index (χ4v) is 2.90. The van der Waals surface area contributed by atoms with Crippen molar-refractivity contribution in [2.75, 3.05) is 5.75 Å². The van der Waals surface area contributed by atoms with Gasteiger partial charge in [0.2, 0.25) is 0 Å². The molecule has 2 rings (SSSR count). The van der Waals surface area contributed by atoms with Gasteiger partial charge in [0.1, 0.15) is 0 Å². The molecule has 76 valence electrons. The van der Waals surface area contributed by atoms with Crippen LogP contribution in [0.1, 0.15) is 19.4 Å². The highest BCUT2D eigenvalue weighted by Gasteiger charge is 2.28. The molecule has 0 spiro atoms. The first kappa shape index (κ1) is 11.7. The van der Waals surface area contributed by atoms with Gasteiger partial charge in [-0.3, -0.25) is 0 Å². The molecule has 0 saturated carbocycles. The summed E-state index contributed by atoms with van der Waals surface area (Å²) in [7, 11) is 0. The molecule has 0 fully saturated rings. The van der Waals surface area contributed by atoms with Crippen LogP contribution in [0.4, 0.5) is 0 Å². The molecule has 0 radical (unpaired) electrons. The van der Waals surface area contributed by atoms with E-state index in [-0.39, 0.29) is 17.8 Å². The van der Waals surface area contributed by atoms with Crippen LogP contribution in [0, 0.1) is 0 Å². The number of benzene rings is 1. The van der Waals surface area contributed by atoms with Gasteiger partial charge < -0.3 is 0 Å². The molecular weight excluding hydrogens is 212 g/mol. The Hall–Kier alpha value is -0.400. The number of thioether (sulfide) groups is 1. The van der Waals surface area contributed by atoms with Crippen LogP contribution in [0.5, 0.6) is 0 Å². The minimum absolute atomic E-state index is 0. The number of halogens is 1. The second-order valence-electron chi connectivity index (χ2n) is 3.83. The van der Waals surface area contributed by atoms with Gasteiger partial charge in [-0.2, -0.15) is 0 Å². The molecular formula is C12H15ClS. The molecule has 0 saturated heterocycles. The zero-order valence-electron chi connectivity index (χ0n) is 8.49. The number of allylic oxidation sites excluding steroid dienone is 2. The average molecular weight is 227 g/mol. The smallest absolute Gasteiger partial charge is 0.0208 e. The minimum atomic E-state index is 0. The third-order valence-electron chi connectivity index (χ3n) is 2.55. The largest absolute Gasteiger partial charge is 0.147 e. The van der Waals surface area contributed by atoms with E-state index in [1.54, 1.807) is 0 Å². The van der Waals surface area contributed by atoms with Crippen molar-refractivity contribution in [3.63, 3.8) is 0 Å². The number of rotatable bonds is 1. The van der Waals surface area contributed by atoms with Gasteiger partial charge in [0, 0.05) is 11.2 Å². The summed E-state index contributed by atoms with van der Waals surface area (Å²) >= 11 is 1.96. The summed E-state index contributed by atoms with van der Waals surface area (Å²) in [5.74, 6) is 1.18. The Balaban J connectivity index is 0.000000980. The maximum atomic E-state index is 2.38. The van der Waals surface area contributed by atoms with E-state index >= 15 is 0 Å². The van der Waals surface area contributed by atoms with Crippen LogP contribution in [0.25, 0.3) is 0 Å². The van der Waals surface area contributed by atoms with Gasteiger partial charge in [0.05, 0.1) is 0 Å². The van der Waals surface area contributed by atoms with Crippen molar-refractivity contribution in [2.24, 2.45) is 0 Å². The number of hydrogen-bond acceptors (Lipinski definition) is 1. The Labute approximate surface area is 96.2 Å². The molecule has 0 aliphatic carbocycles. The molecule has 0 N–H and O–H groups in total. The molecule has 0 bridgehead atoms. The zero-order valence-corrected chi connectivity index (χ0v) is 10.1. The van der Waals surface area contributed by atoms with Crippen LogP contribution in [0.2, 0.25) is 0 Å². The van der Waals surface area contributed by atoms with E-state index in [0.29, 0.717) is 0 Å². The van der Waals surface area contributed by atoms with E-state index in [1.165, 1.54) is 16.2 Å². The summed E-state index contributed by atoms with van der Waals surface area (Å²) in [4.78, 5) is 1.45.